The lowest BCUT2D eigenvalue weighted by Gasteiger charge is -2.17. The number of nitrogens with two attached hydrogens (primary N) is 1. The highest BCUT2D eigenvalue weighted by Crippen LogP contribution is 2.41. The van der Waals surface area contributed by atoms with Gasteiger partial charge in [0.05, 0.1) is 32.4 Å². The van der Waals surface area contributed by atoms with Gasteiger partial charge < -0.3 is 26.2 Å². The Labute approximate surface area is 212 Å². The number of hydrogen-bond acceptors (Lipinski definition) is 9. The third-order valence-corrected chi connectivity index (χ3v) is 7.41. The Bertz CT molecular complexity index is 1410. The SMILES string of the molecule is CCCCNc1ccc(Nc2ncc(Br)c(Nc3ccc4nccnc4c3P(C)(C)=O)n2)cc1N. The van der Waals surface area contributed by atoms with E-state index in [2.05, 4.69) is 58.7 Å². The van der Waals surface area contributed by atoms with Crippen molar-refractivity contribution >= 4 is 73.9 Å². The molecule has 0 saturated heterocycles. The zero-order valence-electron chi connectivity index (χ0n) is 19.8. The molecule has 4 aromatic rings. The highest BCUT2D eigenvalue weighted by Gasteiger charge is 2.22. The molecule has 5 N–H and O–H groups in total. The van der Waals surface area contributed by atoms with Crippen LogP contribution in [0.4, 0.5) is 34.5 Å². The Morgan fingerprint density at radius 2 is 1.80 bits per heavy atom. The number of nitrogens with one attached hydrogen (secondary N) is 3. The highest BCUT2D eigenvalue weighted by molar-refractivity contribution is 9.10. The van der Waals surface area contributed by atoms with Gasteiger partial charge in [0.15, 0.2) is 0 Å². The summed E-state index contributed by atoms with van der Waals surface area (Å²) in [5.41, 5.74) is 10.5. The summed E-state index contributed by atoms with van der Waals surface area (Å²) in [4.78, 5) is 17.8. The Morgan fingerprint density at radius 1 is 1.03 bits per heavy atom. The first-order chi connectivity index (χ1) is 16.8. The van der Waals surface area contributed by atoms with Crippen LogP contribution in [0.5, 0.6) is 0 Å². The van der Waals surface area contributed by atoms with Gasteiger partial charge in [-0.3, -0.25) is 9.97 Å². The fourth-order valence-corrected chi connectivity index (χ4v) is 5.32. The van der Waals surface area contributed by atoms with E-state index in [4.69, 9.17) is 5.73 Å². The van der Waals surface area contributed by atoms with Gasteiger partial charge in [-0.15, -0.1) is 0 Å². The predicted octanol–water partition coefficient (Wildman–Crippen LogP) is 5.71. The maximum absolute atomic E-state index is 13.2. The second-order valence-corrected chi connectivity index (χ2v) is 12.5. The molecule has 0 aliphatic rings. The van der Waals surface area contributed by atoms with Gasteiger partial charge in [0.2, 0.25) is 5.95 Å². The molecule has 9 nitrogen and oxygen atoms in total. The second kappa shape index (κ2) is 10.6. The third-order valence-electron chi connectivity index (χ3n) is 5.30. The summed E-state index contributed by atoms with van der Waals surface area (Å²) in [7, 11) is -2.70. The van der Waals surface area contributed by atoms with Crippen molar-refractivity contribution in [2.24, 2.45) is 0 Å². The van der Waals surface area contributed by atoms with Gasteiger partial charge in [-0.25, -0.2) is 4.98 Å². The van der Waals surface area contributed by atoms with Crippen LogP contribution in [0.2, 0.25) is 0 Å². The predicted molar refractivity (Wildman–Crippen MR) is 149 cm³/mol. The van der Waals surface area contributed by atoms with Crippen LogP contribution in [-0.4, -0.2) is 39.8 Å². The topological polar surface area (TPSA) is 131 Å². The molecule has 0 saturated carbocycles. The fraction of sp³-hybridized carbons (Fsp3) is 0.250. The summed E-state index contributed by atoms with van der Waals surface area (Å²) in [6.45, 7) is 6.46. The number of unbranched alkanes of at least 4 members (excludes halogenated alkanes) is 1. The van der Waals surface area contributed by atoms with Crippen molar-refractivity contribution in [1.29, 1.82) is 0 Å². The molecule has 35 heavy (non-hydrogen) atoms. The lowest BCUT2D eigenvalue weighted by Crippen LogP contribution is -2.14. The standard InChI is InChI=1S/C24H28BrN8OP/c1-4-5-10-27-18-7-6-15(13-17(18)26)31-24-30-14-16(25)23(33-24)32-20-9-8-19-21(29-12-11-28-19)22(20)35(2,3)34/h6-9,11-14,27H,4-5,10,26H2,1-3H3,(H2,30,31,32,33). The van der Waals surface area contributed by atoms with Crippen LogP contribution in [0.1, 0.15) is 19.8 Å². The molecule has 0 atom stereocenters. The molecule has 0 aliphatic heterocycles. The highest BCUT2D eigenvalue weighted by atomic mass is 79.9. The lowest BCUT2D eigenvalue weighted by atomic mass is 10.2. The minimum absolute atomic E-state index is 0.389. The number of hydrogen-bond donors (Lipinski definition) is 4. The molecule has 0 bridgehead atoms. The van der Waals surface area contributed by atoms with E-state index in [-0.39, 0.29) is 0 Å². The van der Waals surface area contributed by atoms with Gasteiger partial charge in [-0.2, -0.15) is 4.98 Å². The molecular formula is C24H28BrN8OP. The van der Waals surface area contributed by atoms with Crippen LogP contribution >= 0.6 is 23.1 Å². The van der Waals surface area contributed by atoms with Gasteiger partial charge in [0.25, 0.3) is 0 Å². The molecule has 0 amide bonds. The average Bonchev–Trinajstić information content (AvgIpc) is 2.82. The minimum atomic E-state index is -2.70. The van der Waals surface area contributed by atoms with E-state index in [1.54, 1.807) is 31.9 Å². The summed E-state index contributed by atoms with van der Waals surface area (Å²) in [6, 6.07) is 9.40. The van der Waals surface area contributed by atoms with Crippen molar-refractivity contribution < 1.29 is 4.57 Å². The van der Waals surface area contributed by atoms with Crippen molar-refractivity contribution in [2.75, 3.05) is 41.6 Å². The number of halogens is 1. The number of rotatable bonds is 9. The normalized spacial score (nSPS) is 11.4. The maximum Gasteiger partial charge on any atom is 0.229 e. The van der Waals surface area contributed by atoms with Gasteiger partial charge in [0, 0.05) is 30.8 Å². The summed E-state index contributed by atoms with van der Waals surface area (Å²) in [5, 5.41) is 10.5. The number of nitrogen functional groups attached to an aromatic ring is 1. The second-order valence-electron chi connectivity index (χ2n) is 8.46. The van der Waals surface area contributed by atoms with Crippen LogP contribution in [0, 0.1) is 0 Å². The van der Waals surface area contributed by atoms with E-state index < -0.39 is 7.14 Å². The number of aromatic nitrogens is 4. The van der Waals surface area contributed by atoms with Crippen LogP contribution in [-0.2, 0) is 4.57 Å². The first-order valence-corrected chi connectivity index (χ1v) is 14.6. The number of fused-ring (bicyclic) bond motifs is 1. The Balaban J connectivity index is 1.61. The summed E-state index contributed by atoms with van der Waals surface area (Å²) in [5.74, 6) is 0.909. The first kappa shape index (κ1) is 24.9. The molecule has 182 valence electrons. The van der Waals surface area contributed by atoms with Crippen molar-refractivity contribution in [3.8, 4) is 0 Å². The lowest BCUT2D eigenvalue weighted by molar-refractivity contribution is 0.588. The largest absolute Gasteiger partial charge is 0.397 e. The quantitative estimate of drug-likeness (QED) is 0.117. The van der Waals surface area contributed by atoms with E-state index in [0.717, 1.165) is 30.8 Å². The third kappa shape index (κ3) is 5.89. The first-order valence-electron chi connectivity index (χ1n) is 11.3. The molecule has 4 rings (SSSR count). The average molecular weight is 555 g/mol. The van der Waals surface area contributed by atoms with E-state index in [9.17, 15) is 4.57 Å². The fourth-order valence-electron chi connectivity index (χ4n) is 3.64. The van der Waals surface area contributed by atoms with Crippen LogP contribution in [0.15, 0.2) is 53.4 Å². The molecule has 0 fully saturated rings. The smallest absolute Gasteiger partial charge is 0.229 e. The number of benzene rings is 2. The Hall–Kier alpha value is -3.23. The molecule has 0 aliphatic carbocycles. The molecule has 2 heterocycles. The van der Waals surface area contributed by atoms with Crippen LogP contribution in [0.3, 0.4) is 0 Å². The van der Waals surface area contributed by atoms with E-state index >= 15 is 0 Å². The van der Waals surface area contributed by atoms with Gasteiger partial charge in [0.1, 0.15) is 18.5 Å². The van der Waals surface area contributed by atoms with E-state index in [1.165, 1.54) is 0 Å². The monoisotopic (exact) mass is 554 g/mol. The Morgan fingerprint density at radius 3 is 2.54 bits per heavy atom. The maximum atomic E-state index is 13.2. The zero-order chi connectivity index (χ0) is 25.0. The molecule has 0 unspecified atom stereocenters. The van der Waals surface area contributed by atoms with E-state index in [1.807, 2.05) is 30.3 Å². The van der Waals surface area contributed by atoms with Crippen molar-refractivity contribution in [3.63, 3.8) is 0 Å². The summed E-state index contributed by atoms with van der Waals surface area (Å²) < 4.78 is 13.9. The van der Waals surface area contributed by atoms with Crippen molar-refractivity contribution in [1.82, 2.24) is 19.9 Å². The summed E-state index contributed by atoms with van der Waals surface area (Å²) in [6.07, 6.45) is 7.07. The summed E-state index contributed by atoms with van der Waals surface area (Å²) >= 11 is 3.51. The zero-order valence-corrected chi connectivity index (χ0v) is 22.3. The molecule has 11 heteroatoms. The van der Waals surface area contributed by atoms with Gasteiger partial charge in [-0.1, -0.05) is 13.3 Å². The number of nitrogens with zero attached hydrogens (tertiary/aromatic N) is 4. The molecular weight excluding hydrogens is 527 g/mol. The molecule has 2 aromatic carbocycles. The number of anilines is 6. The molecule has 0 spiro atoms. The van der Waals surface area contributed by atoms with Crippen LogP contribution in [0.25, 0.3) is 11.0 Å². The minimum Gasteiger partial charge on any atom is -0.397 e. The van der Waals surface area contributed by atoms with Gasteiger partial charge >= 0.3 is 0 Å². The molecule has 2 aromatic heterocycles. The van der Waals surface area contributed by atoms with E-state index in [0.29, 0.717) is 44.0 Å². The van der Waals surface area contributed by atoms with Crippen molar-refractivity contribution in [3.05, 3.63) is 53.4 Å². The molecule has 0 radical (unpaired) electrons. The van der Waals surface area contributed by atoms with Gasteiger partial charge in [-0.05, 0) is 66.0 Å². The van der Waals surface area contributed by atoms with Crippen LogP contribution < -0.4 is 27.0 Å². The Kier molecular flexibility index (Phi) is 7.52. The van der Waals surface area contributed by atoms with Crippen molar-refractivity contribution in [2.45, 2.75) is 19.8 Å².